The number of aromatic nitrogens is 1. The van der Waals surface area contributed by atoms with Crippen LogP contribution < -0.4 is 5.32 Å². The van der Waals surface area contributed by atoms with Crippen LogP contribution in [-0.4, -0.2) is 18.1 Å². The summed E-state index contributed by atoms with van der Waals surface area (Å²) in [5, 5.41) is 3.29. The maximum atomic E-state index is 5.34. The van der Waals surface area contributed by atoms with Crippen molar-refractivity contribution in [1.82, 2.24) is 10.3 Å². The van der Waals surface area contributed by atoms with Gasteiger partial charge in [-0.05, 0) is 31.3 Å². The molecule has 16 heavy (non-hydrogen) atoms. The molecule has 1 N–H and O–H groups in total. The minimum atomic E-state index is 0.362. The number of nitrogens with zero attached hydrogens (tertiary/aromatic N) is 1. The van der Waals surface area contributed by atoms with Crippen LogP contribution in [0.15, 0.2) is 47.2 Å². The first-order valence-electron chi connectivity index (χ1n) is 5.48. The summed E-state index contributed by atoms with van der Waals surface area (Å²) < 4.78 is 5.34. The molecule has 2 aromatic rings. The number of likely N-dealkylation sites (N-methyl/N-ethyl adjacent to an activating group) is 1. The van der Waals surface area contributed by atoms with Gasteiger partial charge in [0.15, 0.2) is 0 Å². The Balaban J connectivity index is 1.96. The first-order valence-corrected chi connectivity index (χ1v) is 5.48. The third kappa shape index (κ3) is 2.94. The van der Waals surface area contributed by atoms with Crippen molar-refractivity contribution < 1.29 is 4.42 Å². The maximum Gasteiger partial charge on any atom is 0.105 e. The summed E-state index contributed by atoms with van der Waals surface area (Å²) in [4.78, 5) is 4.33. The van der Waals surface area contributed by atoms with Crippen LogP contribution >= 0.6 is 0 Å². The van der Waals surface area contributed by atoms with Crippen LogP contribution in [0.4, 0.5) is 0 Å². The molecule has 0 saturated heterocycles. The van der Waals surface area contributed by atoms with Gasteiger partial charge >= 0.3 is 0 Å². The zero-order valence-corrected chi connectivity index (χ0v) is 9.39. The molecule has 2 heterocycles. The first-order chi connectivity index (χ1) is 7.88. The second-order valence-corrected chi connectivity index (χ2v) is 3.79. The molecule has 1 unspecified atom stereocenters. The Kier molecular flexibility index (Phi) is 3.72. The number of pyridine rings is 1. The topological polar surface area (TPSA) is 38.1 Å². The molecule has 1 atom stereocenters. The lowest BCUT2D eigenvalue weighted by atomic mass is 10.1. The van der Waals surface area contributed by atoms with Crippen molar-refractivity contribution >= 4 is 0 Å². The van der Waals surface area contributed by atoms with Crippen molar-refractivity contribution in [3.8, 4) is 0 Å². The molecule has 2 rings (SSSR count). The molecule has 2 aromatic heterocycles. The zero-order valence-electron chi connectivity index (χ0n) is 9.39. The maximum absolute atomic E-state index is 5.34. The van der Waals surface area contributed by atoms with E-state index >= 15 is 0 Å². The fourth-order valence-electron chi connectivity index (χ4n) is 1.72. The van der Waals surface area contributed by atoms with Gasteiger partial charge in [0.25, 0.3) is 0 Å². The van der Waals surface area contributed by atoms with Gasteiger partial charge in [0.1, 0.15) is 5.76 Å². The van der Waals surface area contributed by atoms with Crippen molar-refractivity contribution in [3.05, 3.63) is 54.2 Å². The average molecular weight is 216 g/mol. The molecule has 0 aliphatic heterocycles. The van der Waals surface area contributed by atoms with Gasteiger partial charge in [0, 0.05) is 30.8 Å². The molecule has 0 bridgehead atoms. The van der Waals surface area contributed by atoms with Crippen LogP contribution in [0.3, 0.4) is 0 Å². The standard InChI is InChI=1S/C13H16N2O/c1-14-12(10-13-6-4-8-16-13)9-11-5-2-3-7-15-11/h2-8,12,14H,9-10H2,1H3. The van der Waals surface area contributed by atoms with E-state index in [0.717, 1.165) is 24.3 Å². The molecular formula is C13H16N2O. The lowest BCUT2D eigenvalue weighted by Crippen LogP contribution is -2.30. The third-order valence-corrected chi connectivity index (χ3v) is 2.62. The summed E-state index contributed by atoms with van der Waals surface area (Å²) in [5.41, 5.74) is 1.11. The molecule has 0 radical (unpaired) electrons. The quantitative estimate of drug-likeness (QED) is 0.831. The molecule has 3 heteroatoms. The predicted octanol–water partition coefficient (Wildman–Crippen LogP) is 2.05. The van der Waals surface area contributed by atoms with Crippen molar-refractivity contribution in [1.29, 1.82) is 0 Å². The highest BCUT2D eigenvalue weighted by atomic mass is 16.3. The van der Waals surface area contributed by atoms with Gasteiger partial charge < -0.3 is 9.73 Å². The smallest absolute Gasteiger partial charge is 0.105 e. The normalized spacial score (nSPS) is 12.6. The molecule has 0 amide bonds. The van der Waals surface area contributed by atoms with Gasteiger partial charge in [0.2, 0.25) is 0 Å². The molecular weight excluding hydrogens is 200 g/mol. The van der Waals surface area contributed by atoms with E-state index < -0.39 is 0 Å². The number of hydrogen-bond donors (Lipinski definition) is 1. The number of furan rings is 1. The molecule has 3 nitrogen and oxygen atoms in total. The van der Waals surface area contributed by atoms with Crippen LogP contribution in [0.5, 0.6) is 0 Å². The summed E-state index contributed by atoms with van der Waals surface area (Å²) in [6.45, 7) is 0. The molecule has 0 aliphatic carbocycles. The Morgan fingerprint density at radius 1 is 1.25 bits per heavy atom. The van der Waals surface area contributed by atoms with Crippen molar-refractivity contribution in [2.45, 2.75) is 18.9 Å². The molecule has 0 fully saturated rings. The van der Waals surface area contributed by atoms with Crippen molar-refractivity contribution in [3.63, 3.8) is 0 Å². The van der Waals surface area contributed by atoms with Crippen molar-refractivity contribution in [2.75, 3.05) is 7.05 Å². The monoisotopic (exact) mass is 216 g/mol. The molecule has 0 aromatic carbocycles. The Labute approximate surface area is 95.5 Å². The van der Waals surface area contributed by atoms with Crippen molar-refractivity contribution in [2.24, 2.45) is 0 Å². The van der Waals surface area contributed by atoms with E-state index in [1.165, 1.54) is 0 Å². The van der Waals surface area contributed by atoms with Crippen LogP contribution in [0, 0.1) is 0 Å². The Hall–Kier alpha value is -1.61. The Morgan fingerprint density at radius 2 is 2.19 bits per heavy atom. The Morgan fingerprint density at radius 3 is 2.81 bits per heavy atom. The van der Waals surface area contributed by atoms with Gasteiger partial charge in [-0.25, -0.2) is 0 Å². The van der Waals surface area contributed by atoms with Crippen LogP contribution in [-0.2, 0) is 12.8 Å². The molecule has 84 valence electrons. The van der Waals surface area contributed by atoms with Gasteiger partial charge in [-0.2, -0.15) is 0 Å². The van der Waals surface area contributed by atoms with E-state index in [2.05, 4.69) is 10.3 Å². The first kappa shape index (κ1) is 10.9. The zero-order chi connectivity index (χ0) is 11.2. The van der Waals surface area contributed by atoms with Crippen LogP contribution in [0.25, 0.3) is 0 Å². The minimum Gasteiger partial charge on any atom is -0.469 e. The fraction of sp³-hybridized carbons (Fsp3) is 0.308. The summed E-state index contributed by atoms with van der Waals surface area (Å²) in [5.74, 6) is 1.01. The lowest BCUT2D eigenvalue weighted by Gasteiger charge is -2.13. The predicted molar refractivity (Wildman–Crippen MR) is 63.2 cm³/mol. The van der Waals surface area contributed by atoms with Crippen LogP contribution in [0.2, 0.25) is 0 Å². The highest BCUT2D eigenvalue weighted by molar-refractivity contribution is 5.07. The van der Waals surface area contributed by atoms with Gasteiger partial charge in [-0.3, -0.25) is 4.98 Å². The largest absolute Gasteiger partial charge is 0.469 e. The van der Waals surface area contributed by atoms with Gasteiger partial charge in [-0.1, -0.05) is 6.07 Å². The third-order valence-electron chi connectivity index (χ3n) is 2.62. The van der Waals surface area contributed by atoms with E-state index in [-0.39, 0.29) is 0 Å². The highest BCUT2D eigenvalue weighted by Crippen LogP contribution is 2.07. The summed E-state index contributed by atoms with van der Waals surface area (Å²) in [6.07, 6.45) is 5.34. The SMILES string of the molecule is CNC(Cc1ccccn1)Cc1ccco1. The summed E-state index contributed by atoms with van der Waals surface area (Å²) in [7, 11) is 1.97. The minimum absolute atomic E-state index is 0.362. The molecule has 0 spiro atoms. The van der Waals surface area contributed by atoms with E-state index in [1.807, 2.05) is 43.6 Å². The highest BCUT2D eigenvalue weighted by Gasteiger charge is 2.10. The lowest BCUT2D eigenvalue weighted by molar-refractivity contribution is 0.455. The second-order valence-electron chi connectivity index (χ2n) is 3.79. The van der Waals surface area contributed by atoms with E-state index in [1.54, 1.807) is 6.26 Å². The molecule has 0 saturated carbocycles. The summed E-state index contributed by atoms with van der Waals surface area (Å²) in [6, 6.07) is 10.3. The molecule has 0 aliphatic rings. The fourth-order valence-corrected chi connectivity index (χ4v) is 1.72. The van der Waals surface area contributed by atoms with E-state index in [0.29, 0.717) is 6.04 Å². The Bertz CT molecular complexity index is 397. The number of rotatable bonds is 5. The van der Waals surface area contributed by atoms with E-state index in [9.17, 15) is 0 Å². The second kappa shape index (κ2) is 5.47. The van der Waals surface area contributed by atoms with Gasteiger partial charge in [0.05, 0.1) is 6.26 Å². The number of hydrogen-bond acceptors (Lipinski definition) is 3. The van der Waals surface area contributed by atoms with E-state index in [4.69, 9.17) is 4.42 Å². The van der Waals surface area contributed by atoms with Gasteiger partial charge in [-0.15, -0.1) is 0 Å². The summed E-state index contributed by atoms with van der Waals surface area (Å²) >= 11 is 0. The van der Waals surface area contributed by atoms with Crippen LogP contribution in [0.1, 0.15) is 11.5 Å². The average Bonchev–Trinajstić information content (AvgIpc) is 2.82. The number of nitrogens with one attached hydrogen (secondary N) is 1.